The van der Waals surface area contributed by atoms with Crippen LogP contribution in [0.3, 0.4) is 0 Å². The number of anilines is 1. The molecule has 0 aliphatic heterocycles. The van der Waals surface area contributed by atoms with Crippen LogP contribution in [0.25, 0.3) is 21.5 Å². The largest absolute Gasteiger partial charge is 0.370 e. The number of hydrogen-bond acceptors (Lipinski definition) is 2. The molecule has 3 rings (SSSR count). The Morgan fingerprint density at radius 1 is 0.944 bits per heavy atom. The van der Waals surface area contributed by atoms with Crippen LogP contribution in [0.1, 0.15) is 13.3 Å². The summed E-state index contributed by atoms with van der Waals surface area (Å²) in [6.07, 6.45) is 2.98. The second-order valence-electron chi connectivity index (χ2n) is 4.47. The molecule has 90 valence electrons. The topological polar surface area (TPSA) is 24.9 Å². The highest BCUT2D eigenvalue weighted by Crippen LogP contribution is 2.28. The molecule has 0 saturated heterocycles. The van der Waals surface area contributed by atoms with Crippen LogP contribution in [0, 0.1) is 0 Å². The van der Waals surface area contributed by atoms with Crippen molar-refractivity contribution in [3.8, 4) is 0 Å². The number of nitrogens with one attached hydrogen (secondary N) is 1. The summed E-state index contributed by atoms with van der Waals surface area (Å²) in [5.41, 5.74) is 0. The number of pyridine rings is 1. The summed E-state index contributed by atoms with van der Waals surface area (Å²) in [6, 6.07) is 14.9. The van der Waals surface area contributed by atoms with E-state index in [-0.39, 0.29) is 0 Å². The molecule has 0 bridgehead atoms. The Labute approximate surface area is 107 Å². The molecule has 0 aliphatic rings. The van der Waals surface area contributed by atoms with Crippen LogP contribution in [0.2, 0.25) is 0 Å². The Balaban J connectivity index is 2.26. The van der Waals surface area contributed by atoms with Crippen molar-refractivity contribution < 1.29 is 0 Å². The predicted molar refractivity (Wildman–Crippen MR) is 78.0 cm³/mol. The van der Waals surface area contributed by atoms with Gasteiger partial charge in [-0.3, -0.25) is 0 Å². The highest BCUT2D eigenvalue weighted by atomic mass is 15.0. The summed E-state index contributed by atoms with van der Waals surface area (Å²) < 4.78 is 0. The first-order chi connectivity index (χ1) is 8.90. The van der Waals surface area contributed by atoms with E-state index >= 15 is 0 Å². The van der Waals surface area contributed by atoms with E-state index in [4.69, 9.17) is 0 Å². The van der Waals surface area contributed by atoms with E-state index in [2.05, 4.69) is 59.7 Å². The zero-order valence-electron chi connectivity index (χ0n) is 10.5. The molecule has 0 fully saturated rings. The molecular weight excluding hydrogens is 220 g/mol. The van der Waals surface area contributed by atoms with Gasteiger partial charge in [0.05, 0.1) is 0 Å². The Hall–Kier alpha value is -2.09. The summed E-state index contributed by atoms with van der Waals surface area (Å²) in [4.78, 5) is 4.44. The lowest BCUT2D eigenvalue weighted by molar-refractivity contribution is 0.972. The first kappa shape index (κ1) is 11.0. The van der Waals surface area contributed by atoms with Crippen LogP contribution in [0.15, 0.2) is 48.7 Å². The van der Waals surface area contributed by atoms with Crippen molar-refractivity contribution in [2.24, 2.45) is 0 Å². The number of rotatable bonds is 3. The van der Waals surface area contributed by atoms with Crippen molar-refractivity contribution in [2.45, 2.75) is 13.3 Å². The van der Waals surface area contributed by atoms with Gasteiger partial charge >= 0.3 is 0 Å². The Morgan fingerprint density at radius 3 is 2.72 bits per heavy atom. The minimum Gasteiger partial charge on any atom is -0.370 e. The zero-order valence-corrected chi connectivity index (χ0v) is 10.5. The lowest BCUT2D eigenvalue weighted by atomic mass is 10.0. The molecule has 2 aromatic carbocycles. The molecule has 1 aromatic heterocycles. The van der Waals surface area contributed by atoms with E-state index in [9.17, 15) is 0 Å². The molecule has 2 heteroatoms. The van der Waals surface area contributed by atoms with Gasteiger partial charge in [-0.05, 0) is 28.6 Å². The molecule has 0 unspecified atom stereocenters. The summed E-state index contributed by atoms with van der Waals surface area (Å²) in [7, 11) is 0. The third kappa shape index (κ3) is 1.80. The number of aromatic nitrogens is 1. The fraction of sp³-hybridized carbons (Fsp3) is 0.188. The lowest BCUT2D eigenvalue weighted by Crippen LogP contribution is -2.02. The summed E-state index contributed by atoms with van der Waals surface area (Å²) in [5.74, 6) is 0.986. The van der Waals surface area contributed by atoms with E-state index in [1.54, 1.807) is 0 Å². The van der Waals surface area contributed by atoms with Gasteiger partial charge in [0.15, 0.2) is 0 Å². The number of nitrogens with zero attached hydrogens (tertiary/aromatic N) is 1. The molecule has 3 aromatic rings. The van der Waals surface area contributed by atoms with Crippen molar-refractivity contribution in [3.05, 3.63) is 48.7 Å². The van der Waals surface area contributed by atoms with Gasteiger partial charge in [-0.2, -0.15) is 0 Å². The maximum absolute atomic E-state index is 4.44. The summed E-state index contributed by atoms with van der Waals surface area (Å²) in [5, 5.41) is 8.42. The molecule has 0 aliphatic carbocycles. The van der Waals surface area contributed by atoms with Crippen molar-refractivity contribution in [3.63, 3.8) is 0 Å². The van der Waals surface area contributed by atoms with E-state index in [0.29, 0.717) is 0 Å². The Bertz CT molecular complexity index is 689. The van der Waals surface area contributed by atoms with E-state index in [0.717, 1.165) is 18.8 Å². The fourth-order valence-corrected chi connectivity index (χ4v) is 2.32. The van der Waals surface area contributed by atoms with E-state index in [1.165, 1.54) is 21.5 Å². The van der Waals surface area contributed by atoms with E-state index in [1.807, 2.05) is 6.20 Å². The molecule has 1 heterocycles. The van der Waals surface area contributed by atoms with Gasteiger partial charge in [-0.25, -0.2) is 4.98 Å². The first-order valence-corrected chi connectivity index (χ1v) is 6.40. The highest BCUT2D eigenvalue weighted by molar-refractivity contribution is 6.10. The molecule has 2 nitrogen and oxygen atoms in total. The molecule has 1 N–H and O–H groups in total. The average molecular weight is 236 g/mol. The smallest absolute Gasteiger partial charge is 0.133 e. The summed E-state index contributed by atoms with van der Waals surface area (Å²) >= 11 is 0. The number of hydrogen-bond donors (Lipinski definition) is 1. The predicted octanol–water partition coefficient (Wildman–Crippen LogP) is 4.21. The minimum atomic E-state index is 0.957. The van der Waals surface area contributed by atoms with Gasteiger partial charge in [0.2, 0.25) is 0 Å². The van der Waals surface area contributed by atoms with Crippen molar-refractivity contribution in [1.82, 2.24) is 4.98 Å². The molecule has 0 saturated carbocycles. The Morgan fingerprint density at radius 2 is 1.83 bits per heavy atom. The number of fused-ring (bicyclic) bond motifs is 3. The third-order valence-electron chi connectivity index (χ3n) is 3.21. The maximum Gasteiger partial charge on any atom is 0.133 e. The molecule has 18 heavy (non-hydrogen) atoms. The quantitative estimate of drug-likeness (QED) is 0.689. The molecule has 0 amide bonds. The van der Waals surface area contributed by atoms with E-state index < -0.39 is 0 Å². The minimum absolute atomic E-state index is 0.957. The van der Waals surface area contributed by atoms with Gasteiger partial charge in [0.1, 0.15) is 5.82 Å². The first-order valence-electron chi connectivity index (χ1n) is 6.40. The average Bonchev–Trinajstić information content (AvgIpc) is 2.44. The third-order valence-corrected chi connectivity index (χ3v) is 3.21. The lowest BCUT2D eigenvalue weighted by Gasteiger charge is -2.09. The highest BCUT2D eigenvalue weighted by Gasteiger charge is 2.04. The molecular formula is C16H16N2. The van der Waals surface area contributed by atoms with Crippen LogP contribution >= 0.6 is 0 Å². The maximum atomic E-state index is 4.44. The summed E-state index contributed by atoms with van der Waals surface area (Å²) in [6.45, 7) is 3.12. The standard InChI is InChI=1S/C16H16N2/c1-2-10-17-16-15-8-7-12-5-3-4-6-13(12)14(15)9-11-18-16/h3-9,11H,2,10H2,1H3,(H,17,18). The van der Waals surface area contributed by atoms with Gasteiger partial charge in [0, 0.05) is 18.1 Å². The van der Waals surface area contributed by atoms with Gasteiger partial charge in [-0.1, -0.05) is 43.3 Å². The zero-order chi connectivity index (χ0) is 12.4. The van der Waals surface area contributed by atoms with Crippen LogP contribution in [0.4, 0.5) is 5.82 Å². The van der Waals surface area contributed by atoms with Crippen LogP contribution in [0.5, 0.6) is 0 Å². The van der Waals surface area contributed by atoms with Crippen molar-refractivity contribution in [1.29, 1.82) is 0 Å². The molecule has 0 spiro atoms. The fourth-order valence-electron chi connectivity index (χ4n) is 2.32. The molecule has 0 radical (unpaired) electrons. The van der Waals surface area contributed by atoms with Gasteiger partial charge in [-0.15, -0.1) is 0 Å². The monoisotopic (exact) mass is 236 g/mol. The van der Waals surface area contributed by atoms with Crippen LogP contribution in [-0.4, -0.2) is 11.5 Å². The van der Waals surface area contributed by atoms with Crippen LogP contribution in [-0.2, 0) is 0 Å². The van der Waals surface area contributed by atoms with Gasteiger partial charge < -0.3 is 5.32 Å². The normalized spacial score (nSPS) is 10.9. The second-order valence-corrected chi connectivity index (χ2v) is 4.47. The van der Waals surface area contributed by atoms with Crippen molar-refractivity contribution >= 4 is 27.4 Å². The molecule has 0 atom stereocenters. The Kier molecular flexibility index (Phi) is 2.85. The van der Waals surface area contributed by atoms with Crippen LogP contribution < -0.4 is 5.32 Å². The van der Waals surface area contributed by atoms with Crippen molar-refractivity contribution in [2.75, 3.05) is 11.9 Å². The van der Waals surface area contributed by atoms with Gasteiger partial charge in [0.25, 0.3) is 0 Å². The number of benzene rings is 2. The second kappa shape index (κ2) is 4.65. The SMILES string of the molecule is CCCNc1nccc2c1ccc1ccccc12.